The summed E-state index contributed by atoms with van der Waals surface area (Å²) >= 11 is 0. The third-order valence-electron chi connectivity index (χ3n) is 3.24. The van der Waals surface area contributed by atoms with Gasteiger partial charge in [0.1, 0.15) is 18.2 Å². The van der Waals surface area contributed by atoms with Crippen molar-refractivity contribution in [2.75, 3.05) is 13.0 Å². The summed E-state index contributed by atoms with van der Waals surface area (Å²) in [5, 5.41) is 18.6. The van der Waals surface area contributed by atoms with Crippen LogP contribution in [-0.4, -0.2) is 83.0 Å². The summed E-state index contributed by atoms with van der Waals surface area (Å²) in [4.78, 5) is 28.2. The molecule has 2 aromatic heterocycles. The summed E-state index contributed by atoms with van der Waals surface area (Å²) in [6, 6.07) is 0. The third-order valence-corrected chi connectivity index (χ3v) is 3.73. The first-order valence-corrected chi connectivity index (χ1v) is 8.06. The van der Waals surface area contributed by atoms with Crippen molar-refractivity contribution in [1.82, 2.24) is 19.5 Å². The molecular weight excluding hydrogens is 340 g/mol. The van der Waals surface area contributed by atoms with Crippen molar-refractivity contribution >= 4 is 48.3 Å². The van der Waals surface area contributed by atoms with Gasteiger partial charge in [0.15, 0.2) is 11.1 Å². The number of hydrogen-bond donors (Lipinski definition) is 5. The van der Waals surface area contributed by atoms with Gasteiger partial charge in [0.2, 0.25) is 0 Å². The summed E-state index contributed by atoms with van der Waals surface area (Å²) in [5.41, 5.74) is 0.580. The normalized spacial score (nSPS) is 24.7. The second-order valence-electron chi connectivity index (χ2n) is 4.91. The van der Waals surface area contributed by atoms with E-state index in [1.165, 1.54) is 12.7 Å². The summed E-state index contributed by atoms with van der Waals surface area (Å²) in [6.45, 7) is -0.0655. The molecule has 1 aliphatic heterocycles. The molecule has 0 amide bonds. The van der Waals surface area contributed by atoms with Crippen LogP contribution in [0.4, 0.5) is 0 Å². The van der Waals surface area contributed by atoms with Crippen molar-refractivity contribution in [3.8, 4) is 0 Å². The minimum atomic E-state index is -4.29. The number of ether oxygens (including phenoxy) is 2. The Morgan fingerprint density at radius 1 is 1.57 bits per heavy atom. The van der Waals surface area contributed by atoms with Crippen LogP contribution in [0.15, 0.2) is 12.7 Å². The van der Waals surface area contributed by atoms with Crippen molar-refractivity contribution in [2.45, 2.75) is 18.4 Å². The first kappa shape index (κ1) is 18.7. The topological polar surface area (TPSA) is 167 Å². The smallest absolute Gasteiger partial charge is 0.350 e. The molecule has 0 spiro atoms. The Morgan fingerprint density at radius 2 is 2.30 bits per heavy atom. The van der Waals surface area contributed by atoms with Crippen LogP contribution in [0.2, 0.25) is 0 Å². The zero-order valence-electron chi connectivity index (χ0n) is 12.2. The van der Waals surface area contributed by atoms with Gasteiger partial charge in [-0.3, -0.25) is 14.5 Å². The zero-order valence-corrected chi connectivity index (χ0v) is 15.1. The molecule has 11 nitrogen and oxygen atoms in total. The molecule has 1 aliphatic rings. The van der Waals surface area contributed by atoms with Gasteiger partial charge < -0.3 is 29.4 Å². The average molecular weight is 354 g/mol. The number of nitrogens with one attached hydrogen (secondary N) is 2. The zero-order chi connectivity index (χ0) is 16.0. The van der Waals surface area contributed by atoms with Gasteiger partial charge in [0, 0.05) is 29.6 Å². The van der Waals surface area contributed by atoms with Crippen LogP contribution in [0.1, 0.15) is 6.42 Å². The summed E-state index contributed by atoms with van der Waals surface area (Å²) in [7, 11) is -4.29. The van der Waals surface area contributed by atoms with E-state index in [1.807, 2.05) is 0 Å². The van der Waals surface area contributed by atoms with E-state index in [9.17, 15) is 9.67 Å². The number of aromatic amines is 1. The van der Waals surface area contributed by atoms with Crippen LogP contribution in [-0.2, 0) is 19.9 Å². The van der Waals surface area contributed by atoms with Crippen LogP contribution in [0, 0.1) is 5.41 Å². The predicted octanol–water partition coefficient (Wildman–Crippen LogP) is -1.60. The maximum absolute atomic E-state index is 10.8. The first-order valence-electron chi connectivity index (χ1n) is 6.27. The second kappa shape index (κ2) is 6.71. The van der Waals surface area contributed by atoms with Crippen molar-refractivity contribution in [3.63, 3.8) is 0 Å². The minimum absolute atomic E-state index is 0. The van der Waals surface area contributed by atoms with Crippen LogP contribution in [0.5, 0.6) is 0 Å². The molecule has 3 heterocycles. The largest absolute Gasteiger partial charge is 0.363 e. The van der Waals surface area contributed by atoms with E-state index in [0.29, 0.717) is 11.2 Å². The molecule has 23 heavy (non-hydrogen) atoms. The van der Waals surface area contributed by atoms with E-state index in [0.717, 1.165) is 4.57 Å². The van der Waals surface area contributed by atoms with Gasteiger partial charge in [-0.15, -0.1) is 0 Å². The molecule has 0 aromatic carbocycles. The number of H-pyrrole nitrogens is 1. The van der Waals surface area contributed by atoms with E-state index in [-0.39, 0.29) is 48.1 Å². The molecule has 121 valence electrons. The molecule has 0 aliphatic carbocycles. The fraction of sp³-hybridized carbons (Fsp3) is 0.500. The maximum Gasteiger partial charge on any atom is 0.350 e. The Bertz CT molecular complexity index is 804. The van der Waals surface area contributed by atoms with Crippen molar-refractivity contribution in [3.05, 3.63) is 18.1 Å². The molecule has 1 fully saturated rings. The van der Waals surface area contributed by atoms with Crippen molar-refractivity contribution in [1.29, 1.82) is 5.41 Å². The minimum Gasteiger partial charge on any atom is -0.363 e. The maximum atomic E-state index is 10.8. The van der Waals surface area contributed by atoms with Crippen LogP contribution in [0.25, 0.3) is 11.2 Å². The third kappa shape index (κ3) is 3.90. The molecule has 0 saturated carbocycles. The van der Waals surface area contributed by atoms with Gasteiger partial charge in [-0.05, 0) is 0 Å². The molecule has 3 rings (SSSR count). The average Bonchev–Trinajstić information content (AvgIpc) is 3.03. The molecule has 0 bridgehead atoms. The fourth-order valence-corrected chi connectivity index (χ4v) is 2.64. The Kier molecular flexibility index (Phi) is 5.46. The van der Waals surface area contributed by atoms with Gasteiger partial charge in [-0.1, -0.05) is 0 Å². The van der Waals surface area contributed by atoms with E-state index in [4.69, 9.17) is 24.7 Å². The number of hydrogen-bond acceptors (Lipinski definition) is 7. The molecule has 13 heteroatoms. The monoisotopic (exact) mass is 354 g/mol. The van der Waals surface area contributed by atoms with Crippen LogP contribution >= 0.6 is 7.60 Å². The Labute approximate surface area is 151 Å². The second-order valence-corrected chi connectivity index (χ2v) is 6.49. The van der Waals surface area contributed by atoms with E-state index in [1.54, 1.807) is 0 Å². The van der Waals surface area contributed by atoms with E-state index >= 15 is 0 Å². The fourth-order valence-electron chi connectivity index (χ4n) is 2.23. The Hall–Kier alpha value is -0.620. The van der Waals surface area contributed by atoms with Gasteiger partial charge >= 0.3 is 7.60 Å². The number of fused-ring (bicyclic) bond motifs is 1. The quantitative estimate of drug-likeness (QED) is 0.323. The molecule has 1 unspecified atom stereocenters. The summed E-state index contributed by atoms with van der Waals surface area (Å²) in [6.07, 6.45) is 1.04. The first-order chi connectivity index (χ1) is 10.3. The SMILES string of the molecule is N=c1c2[nH]cnc2ncn1C1(O)C[C@@H](OCP(=O)(O)O)CO1.[Na]. The molecule has 1 radical (unpaired) electrons. The molecule has 2 atom stereocenters. The van der Waals surface area contributed by atoms with E-state index in [2.05, 4.69) is 15.0 Å². The van der Waals surface area contributed by atoms with Gasteiger partial charge in [-0.25, -0.2) is 9.97 Å². The molecular formula is C10H14N5NaO6P. The van der Waals surface area contributed by atoms with Gasteiger partial charge in [-0.2, -0.15) is 0 Å². The summed E-state index contributed by atoms with van der Waals surface area (Å²) < 4.78 is 22.2. The number of aliphatic hydroxyl groups is 1. The predicted molar refractivity (Wildman–Crippen MR) is 76.0 cm³/mol. The standard InChI is InChI=1S/C10H14N5O6P.Na/c11-8-7-9(13-3-12-7)14-4-15(8)10(16)1-6(2-21-10)20-5-22(17,18)19;/h3-4,6,11,16H,1-2,5H2,(H,12,13)(H2,17,18,19);/t6-,10?;/m1./s1. The summed E-state index contributed by atoms with van der Waals surface area (Å²) in [5.74, 6) is -1.87. The van der Waals surface area contributed by atoms with E-state index < -0.39 is 26.0 Å². The Balaban J connectivity index is 0.00000192. The van der Waals surface area contributed by atoms with Gasteiger partial charge in [0.05, 0.1) is 25.5 Å². The molecule has 5 N–H and O–H groups in total. The number of aromatic nitrogens is 4. The Morgan fingerprint density at radius 3 is 3.00 bits per heavy atom. The number of imidazole rings is 1. The van der Waals surface area contributed by atoms with Crippen molar-refractivity contribution in [2.24, 2.45) is 0 Å². The molecule has 1 saturated heterocycles. The van der Waals surface area contributed by atoms with Crippen LogP contribution in [0.3, 0.4) is 0 Å². The van der Waals surface area contributed by atoms with Gasteiger partial charge in [0.25, 0.3) is 5.91 Å². The van der Waals surface area contributed by atoms with Crippen LogP contribution < -0.4 is 5.49 Å². The van der Waals surface area contributed by atoms with Crippen molar-refractivity contribution < 1.29 is 28.9 Å². The molecule has 2 aromatic rings. The number of rotatable bonds is 4. The number of nitrogens with zero attached hydrogens (tertiary/aromatic N) is 3.